The van der Waals surface area contributed by atoms with E-state index in [1.165, 1.54) is 0 Å². The molecule has 0 aliphatic heterocycles. The topological polar surface area (TPSA) is 37.8 Å². The van der Waals surface area contributed by atoms with Crippen molar-refractivity contribution in [1.82, 2.24) is 9.97 Å². The molecule has 1 rings (SSSR count). The predicted molar refractivity (Wildman–Crippen MR) is 55.0 cm³/mol. The zero-order valence-corrected chi connectivity index (χ0v) is 8.25. The average molecular weight is 198 g/mol. The minimum atomic E-state index is 0.555. The van der Waals surface area contributed by atoms with Crippen LogP contribution in [-0.4, -0.2) is 16.5 Å². The molecule has 0 aliphatic carbocycles. The molecule has 0 saturated carbocycles. The third-order valence-electron chi connectivity index (χ3n) is 1.45. The molecule has 0 fully saturated rings. The van der Waals surface area contributed by atoms with Crippen molar-refractivity contribution in [2.45, 2.75) is 13.3 Å². The molecule has 1 aromatic heterocycles. The van der Waals surface area contributed by atoms with Crippen molar-refractivity contribution in [2.24, 2.45) is 0 Å². The maximum atomic E-state index is 5.63. The SMILES string of the molecule is C/C=C/CCNc1ncc(Cl)cn1. The van der Waals surface area contributed by atoms with E-state index in [-0.39, 0.29) is 0 Å². The van der Waals surface area contributed by atoms with E-state index in [0.29, 0.717) is 11.0 Å². The normalized spacial score (nSPS) is 10.6. The van der Waals surface area contributed by atoms with Crippen molar-refractivity contribution in [2.75, 3.05) is 11.9 Å². The average Bonchev–Trinajstić information content (AvgIpc) is 2.15. The van der Waals surface area contributed by atoms with Gasteiger partial charge >= 0.3 is 0 Å². The molecule has 0 radical (unpaired) electrons. The maximum absolute atomic E-state index is 5.63. The minimum absolute atomic E-state index is 0.555. The first-order chi connectivity index (χ1) is 6.33. The fourth-order valence-electron chi connectivity index (χ4n) is 0.838. The number of nitrogens with zero attached hydrogens (tertiary/aromatic N) is 2. The molecule has 0 aromatic carbocycles. The summed E-state index contributed by atoms with van der Waals surface area (Å²) in [6, 6.07) is 0. The zero-order chi connectivity index (χ0) is 9.52. The van der Waals surface area contributed by atoms with Gasteiger partial charge in [0.1, 0.15) is 0 Å². The van der Waals surface area contributed by atoms with Crippen LogP contribution in [0.15, 0.2) is 24.5 Å². The monoisotopic (exact) mass is 197 g/mol. The molecule has 70 valence electrons. The first-order valence-corrected chi connectivity index (χ1v) is 4.53. The summed E-state index contributed by atoms with van der Waals surface area (Å²) >= 11 is 5.63. The van der Waals surface area contributed by atoms with Crippen LogP contribution < -0.4 is 5.32 Å². The van der Waals surface area contributed by atoms with Gasteiger partial charge in [0.25, 0.3) is 0 Å². The molecule has 3 nitrogen and oxygen atoms in total. The number of aromatic nitrogens is 2. The number of rotatable bonds is 4. The van der Waals surface area contributed by atoms with Gasteiger partial charge in [-0.1, -0.05) is 23.8 Å². The fourth-order valence-corrected chi connectivity index (χ4v) is 0.935. The Hall–Kier alpha value is -1.09. The Labute approximate surface area is 82.9 Å². The van der Waals surface area contributed by atoms with Crippen LogP contribution in [0.4, 0.5) is 5.95 Å². The van der Waals surface area contributed by atoms with Crippen molar-refractivity contribution in [3.8, 4) is 0 Å². The minimum Gasteiger partial charge on any atom is -0.354 e. The van der Waals surface area contributed by atoms with Crippen LogP contribution in [0.1, 0.15) is 13.3 Å². The number of halogens is 1. The van der Waals surface area contributed by atoms with Gasteiger partial charge < -0.3 is 5.32 Å². The van der Waals surface area contributed by atoms with Crippen molar-refractivity contribution in [3.63, 3.8) is 0 Å². The van der Waals surface area contributed by atoms with Crippen LogP contribution in [0.3, 0.4) is 0 Å². The Kier molecular flexibility index (Phi) is 4.26. The van der Waals surface area contributed by atoms with Gasteiger partial charge in [0.15, 0.2) is 0 Å². The van der Waals surface area contributed by atoms with Gasteiger partial charge in [0.05, 0.1) is 17.4 Å². The van der Waals surface area contributed by atoms with Gasteiger partial charge in [-0.3, -0.25) is 0 Å². The van der Waals surface area contributed by atoms with E-state index in [2.05, 4.69) is 21.4 Å². The van der Waals surface area contributed by atoms with Crippen molar-refractivity contribution in [3.05, 3.63) is 29.6 Å². The highest BCUT2D eigenvalue weighted by atomic mass is 35.5. The van der Waals surface area contributed by atoms with Gasteiger partial charge in [-0.25, -0.2) is 9.97 Å². The molecule has 1 heterocycles. The Morgan fingerprint density at radius 2 is 2.15 bits per heavy atom. The molecule has 1 N–H and O–H groups in total. The third kappa shape index (κ3) is 3.90. The maximum Gasteiger partial charge on any atom is 0.222 e. The van der Waals surface area contributed by atoms with Crippen LogP contribution in [0, 0.1) is 0 Å². The first-order valence-electron chi connectivity index (χ1n) is 4.15. The third-order valence-corrected chi connectivity index (χ3v) is 1.65. The van der Waals surface area contributed by atoms with Gasteiger partial charge in [-0.2, -0.15) is 0 Å². The van der Waals surface area contributed by atoms with E-state index in [1.54, 1.807) is 12.4 Å². The van der Waals surface area contributed by atoms with Gasteiger partial charge in [0.2, 0.25) is 5.95 Å². The molecular weight excluding hydrogens is 186 g/mol. The second kappa shape index (κ2) is 5.54. The standard InChI is InChI=1S/C9H12ClN3/c1-2-3-4-5-11-9-12-6-8(10)7-13-9/h2-3,6-7H,4-5H2,1H3,(H,11,12,13)/b3-2+. The summed E-state index contributed by atoms with van der Waals surface area (Å²) in [5, 5.41) is 3.63. The second-order valence-corrected chi connectivity index (χ2v) is 2.95. The molecule has 1 aromatic rings. The van der Waals surface area contributed by atoms with E-state index in [0.717, 1.165) is 13.0 Å². The molecule has 0 saturated heterocycles. The number of hydrogen-bond acceptors (Lipinski definition) is 3. The van der Waals surface area contributed by atoms with E-state index in [1.807, 2.05) is 13.0 Å². The molecule has 0 bridgehead atoms. The number of anilines is 1. The van der Waals surface area contributed by atoms with E-state index < -0.39 is 0 Å². The molecule has 0 spiro atoms. The highest BCUT2D eigenvalue weighted by Crippen LogP contribution is 2.05. The summed E-state index contributed by atoms with van der Waals surface area (Å²) in [6.07, 6.45) is 8.23. The molecular formula is C9H12ClN3. The lowest BCUT2D eigenvalue weighted by atomic mass is 10.4. The highest BCUT2D eigenvalue weighted by molar-refractivity contribution is 6.30. The zero-order valence-electron chi connectivity index (χ0n) is 7.50. The molecule has 0 aliphatic rings. The number of nitrogens with one attached hydrogen (secondary N) is 1. The lowest BCUT2D eigenvalue weighted by molar-refractivity contribution is 1.01. The van der Waals surface area contributed by atoms with Crippen molar-refractivity contribution >= 4 is 17.5 Å². The molecule has 13 heavy (non-hydrogen) atoms. The number of allylic oxidation sites excluding steroid dienone is 1. The second-order valence-electron chi connectivity index (χ2n) is 2.51. The molecule has 0 atom stereocenters. The first kappa shape index (κ1) is 9.99. The summed E-state index contributed by atoms with van der Waals surface area (Å²) in [5.41, 5.74) is 0. The van der Waals surface area contributed by atoms with Crippen LogP contribution in [0.2, 0.25) is 5.02 Å². The van der Waals surface area contributed by atoms with Gasteiger partial charge in [-0.15, -0.1) is 0 Å². The Bertz CT molecular complexity index is 269. The van der Waals surface area contributed by atoms with E-state index in [9.17, 15) is 0 Å². The molecule has 0 amide bonds. The smallest absolute Gasteiger partial charge is 0.222 e. The Morgan fingerprint density at radius 1 is 1.46 bits per heavy atom. The summed E-state index contributed by atoms with van der Waals surface area (Å²) in [4.78, 5) is 8.00. The molecule has 0 unspecified atom stereocenters. The van der Waals surface area contributed by atoms with Crippen molar-refractivity contribution < 1.29 is 0 Å². The lowest BCUT2D eigenvalue weighted by Gasteiger charge is -2.00. The number of hydrogen-bond donors (Lipinski definition) is 1. The quantitative estimate of drug-likeness (QED) is 0.596. The summed E-state index contributed by atoms with van der Waals surface area (Å²) < 4.78 is 0. The molecule has 4 heteroatoms. The predicted octanol–water partition coefficient (Wildman–Crippen LogP) is 2.51. The summed E-state index contributed by atoms with van der Waals surface area (Å²) in [5.74, 6) is 0.619. The highest BCUT2D eigenvalue weighted by Gasteiger charge is 1.92. The lowest BCUT2D eigenvalue weighted by Crippen LogP contribution is -2.03. The van der Waals surface area contributed by atoms with Crippen molar-refractivity contribution in [1.29, 1.82) is 0 Å². The summed E-state index contributed by atoms with van der Waals surface area (Å²) in [7, 11) is 0. The van der Waals surface area contributed by atoms with Gasteiger partial charge in [0, 0.05) is 6.54 Å². The summed E-state index contributed by atoms with van der Waals surface area (Å²) in [6.45, 7) is 2.84. The largest absolute Gasteiger partial charge is 0.354 e. The fraction of sp³-hybridized carbons (Fsp3) is 0.333. The van der Waals surface area contributed by atoms with E-state index >= 15 is 0 Å². The Morgan fingerprint density at radius 3 is 2.77 bits per heavy atom. The van der Waals surface area contributed by atoms with Crippen LogP contribution >= 0.6 is 11.6 Å². The van der Waals surface area contributed by atoms with Crippen LogP contribution in [-0.2, 0) is 0 Å². The van der Waals surface area contributed by atoms with Crippen LogP contribution in [0.5, 0.6) is 0 Å². The van der Waals surface area contributed by atoms with Crippen LogP contribution in [0.25, 0.3) is 0 Å². The van der Waals surface area contributed by atoms with E-state index in [4.69, 9.17) is 11.6 Å². The van der Waals surface area contributed by atoms with Gasteiger partial charge in [-0.05, 0) is 13.3 Å². The Balaban J connectivity index is 2.33.